The summed E-state index contributed by atoms with van der Waals surface area (Å²) >= 11 is 3.40. The Morgan fingerprint density at radius 2 is 2.00 bits per heavy atom. The summed E-state index contributed by atoms with van der Waals surface area (Å²) in [7, 11) is 1.33. The molecule has 0 aliphatic rings. The molecule has 112 valence electrons. The Morgan fingerprint density at radius 1 is 1.27 bits per heavy atom. The highest BCUT2D eigenvalue weighted by Gasteiger charge is 2.15. The second-order valence-corrected chi connectivity index (χ2v) is 5.63. The van der Waals surface area contributed by atoms with E-state index in [-0.39, 0.29) is 6.61 Å². The fourth-order valence-electron chi connectivity index (χ4n) is 2.32. The number of carbonyl (C=O) groups excluding carboxylic acids is 1. The Hall–Kier alpha value is -2.18. The summed E-state index contributed by atoms with van der Waals surface area (Å²) in [6.07, 6.45) is 1.63. The number of pyridine rings is 1. The number of aliphatic hydroxyl groups excluding tert-OH is 1. The molecular weight excluding hydrogens is 348 g/mol. The van der Waals surface area contributed by atoms with Crippen molar-refractivity contribution in [3.8, 4) is 11.3 Å². The maximum absolute atomic E-state index is 11.6. The Bertz CT molecular complexity index is 840. The number of carbonyl (C=O) groups is 1. The summed E-state index contributed by atoms with van der Waals surface area (Å²) in [4.78, 5) is 16.2. The lowest BCUT2D eigenvalue weighted by Crippen LogP contribution is -2.04. The van der Waals surface area contributed by atoms with Gasteiger partial charge in [0.1, 0.15) is 5.65 Å². The summed E-state index contributed by atoms with van der Waals surface area (Å²) in [5.74, 6) is -0.426. The quantitative estimate of drug-likeness (QED) is 0.729. The Morgan fingerprint density at radius 3 is 2.64 bits per heavy atom. The fraction of sp³-hybridized carbons (Fsp3) is 0.125. The monoisotopic (exact) mass is 360 g/mol. The molecule has 22 heavy (non-hydrogen) atoms. The smallest absolute Gasteiger partial charge is 0.339 e. The molecule has 2 heterocycles. The van der Waals surface area contributed by atoms with Crippen LogP contribution in [0.15, 0.2) is 47.1 Å². The van der Waals surface area contributed by atoms with Crippen molar-refractivity contribution in [2.45, 2.75) is 6.61 Å². The lowest BCUT2D eigenvalue weighted by molar-refractivity contribution is 0.0600. The second-order valence-electron chi connectivity index (χ2n) is 4.71. The highest BCUT2D eigenvalue weighted by atomic mass is 79.9. The normalized spacial score (nSPS) is 10.9. The van der Waals surface area contributed by atoms with Crippen molar-refractivity contribution < 1.29 is 14.6 Å². The van der Waals surface area contributed by atoms with Crippen LogP contribution in [0.2, 0.25) is 0 Å². The summed E-state index contributed by atoms with van der Waals surface area (Å²) in [6, 6.07) is 11.1. The predicted molar refractivity (Wildman–Crippen MR) is 85.6 cm³/mol. The molecule has 0 bridgehead atoms. The summed E-state index contributed by atoms with van der Waals surface area (Å²) in [6.45, 7) is -0.183. The van der Waals surface area contributed by atoms with E-state index in [9.17, 15) is 9.90 Å². The summed E-state index contributed by atoms with van der Waals surface area (Å²) in [5, 5.41) is 9.72. The van der Waals surface area contributed by atoms with Crippen molar-refractivity contribution in [1.29, 1.82) is 0 Å². The highest BCUT2D eigenvalue weighted by molar-refractivity contribution is 9.10. The van der Waals surface area contributed by atoms with Gasteiger partial charge < -0.3 is 14.2 Å². The molecular formula is C16H13BrN2O3. The van der Waals surface area contributed by atoms with Crippen molar-refractivity contribution in [3.05, 3.63) is 58.3 Å². The molecule has 0 spiro atoms. The minimum Gasteiger partial charge on any atom is -0.465 e. The molecule has 3 rings (SSSR count). The van der Waals surface area contributed by atoms with Crippen LogP contribution < -0.4 is 0 Å². The predicted octanol–water partition coefficient (Wildman–Crippen LogP) is 3.04. The minimum absolute atomic E-state index is 0.183. The number of fused-ring (bicyclic) bond motifs is 1. The molecule has 5 nitrogen and oxygen atoms in total. The number of aliphatic hydroxyl groups is 1. The Balaban J connectivity index is 2.19. The number of nitrogens with zero attached hydrogens (tertiary/aromatic N) is 2. The third-order valence-corrected chi connectivity index (χ3v) is 3.93. The number of rotatable bonds is 3. The van der Waals surface area contributed by atoms with Gasteiger partial charge in [0.05, 0.1) is 30.7 Å². The van der Waals surface area contributed by atoms with Gasteiger partial charge in [-0.3, -0.25) is 0 Å². The van der Waals surface area contributed by atoms with E-state index in [4.69, 9.17) is 4.74 Å². The van der Waals surface area contributed by atoms with Gasteiger partial charge in [-0.1, -0.05) is 28.1 Å². The minimum atomic E-state index is -0.426. The zero-order chi connectivity index (χ0) is 15.7. The first-order chi connectivity index (χ1) is 10.6. The molecule has 3 aromatic rings. The molecule has 2 aromatic heterocycles. The molecule has 0 aliphatic heterocycles. The standard InChI is InChI=1S/C16H13BrN2O3/c1-22-16(21)11-4-7-14-18-15(13(9-20)19(14)8-11)10-2-5-12(17)6-3-10/h2-8,20H,9H2,1H3. The maximum atomic E-state index is 11.6. The first-order valence-corrected chi connectivity index (χ1v) is 7.39. The highest BCUT2D eigenvalue weighted by Crippen LogP contribution is 2.26. The van der Waals surface area contributed by atoms with E-state index in [0.29, 0.717) is 22.6 Å². The number of methoxy groups -OCH3 is 1. The van der Waals surface area contributed by atoms with Crippen molar-refractivity contribution in [3.63, 3.8) is 0 Å². The number of imidazole rings is 1. The zero-order valence-electron chi connectivity index (χ0n) is 11.8. The number of esters is 1. The number of hydrogen-bond acceptors (Lipinski definition) is 4. The molecule has 0 radical (unpaired) electrons. The molecule has 0 amide bonds. The third-order valence-electron chi connectivity index (χ3n) is 3.41. The molecule has 0 saturated heterocycles. The molecule has 6 heteroatoms. The van der Waals surface area contributed by atoms with E-state index in [1.165, 1.54) is 7.11 Å². The fourth-order valence-corrected chi connectivity index (χ4v) is 2.59. The van der Waals surface area contributed by atoms with E-state index in [0.717, 1.165) is 10.0 Å². The van der Waals surface area contributed by atoms with Crippen LogP contribution in [0.4, 0.5) is 0 Å². The van der Waals surface area contributed by atoms with Crippen LogP contribution in [0.25, 0.3) is 16.9 Å². The Kier molecular flexibility index (Phi) is 3.96. The van der Waals surface area contributed by atoms with Crippen LogP contribution in [0.3, 0.4) is 0 Å². The van der Waals surface area contributed by atoms with E-state index in [1.54, 1.807) is 22.7 Å². The van der Waals surface area contributed by atoms with Crippen LogP contribution in [-0.2, 0) is 11.3 Å². The van der Waals surface area contributed by atoms with Gasteiger partial charge in [0.2, 0.25) is 0 Å². The zero-order valence-corrected chi connectivity index (χ0v) is 13.4. The maximum Gasteiger partial charge on any atom is 0.339 e. The number of hydrogen-bond donors (Lipinski definition) is 1. The van der Waals surface area contributed by atoms with E-state index in [2.05, 4.69) is 20.9 Å². The van der Waals surface area contributed by atoms with Crippen LogP contribution in [0.1, 0.15) is 16.1 Å². The lowest BCUT2D eigenvalue weighted by atomic mass is 10.1. The Labute approximate surface area is 135 Å². The van der Waals surface area contributed by atoms with Crippen LogP contribution in [-0.4, -0.2) is 27.6 Å². The van der Waals surface area contributed by atoms with Crippen molar-refractivity contribution in [2.75, 3.05) is 7.11 Å². The largest absolute Gasteiger partial charge is 0.465 e. The molecule has 0 unspecified atom stereocenters. The van der Waals surface area contributed by atoms with Crippen LogP contribution >= 0.6 is 15.9 Å². The number of halogens is 1. The molecule has 0 saturated carbocycles. The molecule has 0 fully saturated rings. The van der Waals surface area contributed by atoms with Gasteiger partial charge in [0, 0.05) is 16.2 Å². The van der Waals surface area contributed by atoms with Crippen molar-refractivity contribution in [2.24, 2.45) is 0 Å². The summed E-state index contributed by atoms with van der Waals surface area (Å²) < 4.78 is 7.41. The third kappa shape index (κ3) is 2.51. The SMILES string of the molecule is COC(=O)c1ccc2nc(-c3ccc(Br)cc3)c(CO)n2c1. The lowest BCUT2D eigenvalue weighted by Gasteiger charge is -2.04. The van der Waals surface area contributed by atoms with Gasteiger partial charge >= 0.3 is 5.97 Å². The second kappa shape index (κ2) is 5.90. The van der Waals surface area contributed by atoms with Crippen LogP contribution in [0, 0.1) is 0 Å². The number of ether oxygens (including phenoxy) is 1. The average molecular weight is 361 g/mol. The molecule has 1 aromatic carbocycles. The first kappa shape index (κ1) is 14.7. The van der Waals surface area contributed by atoms with Gasteiger partial charge in [0.15, 0.2) is 0 Å². The van der Waals surface area contributed by atoms with Gasteiger partial charge in [-0.25, -0.2) is 9.78 Å². The van der Waals surface area contributed by atoms with Crippen molar-refractivity contribution in [1.82, 2.24) is 9.38 Å². The van der Waals surface area contributed by atoms with Crippen LogP contribution in [0.5, 0.6) is 0 Å². The molecule has 1 N–H and O–H groups in total. The van der Waals surface area contributed by atoms with Gasteiger partial charge in [0.25, 0.3) is 0 Å². The van der Waals surface area contributed by atoms with E-state index in [1.807, 2.05) is 24.3 Å². The van der Waals surface area contributed by atoms with Crippen molar-refractivity contribution >= 4 is 27.5 Å². The number of benzene rings is 1. The summed E-state index contributed by atoms with van der Waals surface area (Å²) in [5.41, 5.74) is 3.29. The van der Waals surface area contributed by atoms with E-state index >= 15 is 0 Å². The average Bonchev–Trinajstić information content (AvgIpc) is 2.92. The van der Waals surface area contributed by atoms with E-state index < -0.39 is 5.97 Å². The van der Waals surface area contributed by atoms with Gasteiger partial charge in [-0.2, -0.15) is 0 Å². The molecule has 0 aliphatic carbocycles. The van der Waals surface area contributed by atoms with Gasteiger partial charge in [-0.15, -0.1) is 0 Å². The van der Waals surface area contributed by atoms with Gasteiger partial charge in [-0.05, 0) is 24.3 Å². The molecule has 0 atom stereocenters. The number of aromatic nitrogens is 2. The first-order valence-electron chi connectivity index (χ1n) is 6.60. The topological polar surface area (TPSA) is 63.8 Å².